The largest absolute Gasteiger partial charge is 0.259 e. The zero-order valence-electron chi connectivity index (χ0n) is 25.6. The highest BCUT2D eigenvalue weighted by molar-refractivity contribution is 5.98. The van der Waals surface area contributed by atoms with E-state index in [1.165, 1.54) is 0 Å². The molecule has 6 heterocycles. The van der Waals surface area contributed by atoms with Crippen molar-refractivity contribution in [3.05, 3.63) is 132 Å². The van der Waals surface area contributed by atoms with Gasteiger partial charge in [-0.05, 0) is 98.5 Å². The van der Waals surface area contributed by atoms with Crippen LogP contribution in [0.15, 0.2) is 110 Å². The molecule has 46 heavy (non-hydrogen) atoms. The van der Waals surface area contributed by atoms with Gasteiger partial charge in [0.1, 0.15) is 0 Å². The zero-order valence-corrected chi connectivity index (χ0v) is 25.6. The van der Waals surface area contributed by atoms with Gasteiger partial charge in [-0.3, -0.25) is 19.6 Å². The molecule has 224 valence electrons. The molecule has 0 saturated heterocycles. The first-order valence-corrected chi connectivity index (χ1v) is 14.8. The second-order valence-electron chi connectivity index (χ2n) is 11.0. The van der Waals surface area contributed by atoms with E-state index in [-0.39, 0.29) is 0 Å². The molecule has 0 amide bonds. The summed E-state index contributed by atoms with van der Waals surface area (Å²) >= 11 is 0. The maximum atomic E-state index is 4.75. The van der Waals surface area contributed by atoms with Crippen molar-refractivity contribution in [1.29, 1.82) is 0 Å². The fourth-order valence-corrected chi connectivity index (χ4v) is 5.78. The van der Waals surface area contributed by atoms with Crippen molar-refractivity contribution in [3.63, 3.8) is 0 Å². The van der Waals surface area contributed by atoms with Crippen LogP contribution < -0.4 is 19.6 Å². The Kier molecular flexibility index (Phi) is 6.34. The standard InChI is InChI=1S/C34H28N12/c1-21-17-25-26(18-22(21)2)44(32-37-11-6-12-38-32)29(43(25)31-35-9-5-10-36-31)30-45(33-39-13-7-14-40-33)27-19-23(3)24(4)20-28(27)46(30)34-41-15-8-16-42-34/h5-20H,1-4H3. The smallest absolute Gasteiger partial charge is 0.235 e. The summed E-state index contributed by atoms with van der Waals surface area (Å²) in [6.07, 6.45) is 13.9. The first kappa shape index (κ1) is 27.3. The quantitative estimate of drug-likeness (QED) is 0.219. The Morgan fingerprint density at radius 1 is 0.326 bits per heavy atom. The normalized spacial score (nSPS) is 13.8. The fraction of sp³-hybridized carbons (Fsp3) is 0.118. The minimum Gasteiger partial charge on any atom is -0.259 e. The molecular formula is C34H28N12. The van der Waals surface area contributed by atoms with E-state index < -0.39 is 0 Å². The average Bonchev–Trinajstić information content (AvgIpc) is 3.58. The van der Waals surface area contributed by atoms with Gasteiger partial charge in [-0.2, -0.15) is 0 Å². The Morgan fingerprint density at radius 2 is 0.522 bits per heavy atom. The molecule has 2 aliphatic rings. The van der Waals surface area contributed by atoms with Gasteiger partial charge in [0.25, 0.3) is 0 Å². The predicted molar refractivity (Wildman–Crippen MR) is 176 cm³/mol. The van der Waals surface area contributed by atoms with Crippen molar-refractivity contribution in [1.82, 2.24) is 39.9 Å². The van der Waals surface area contributed by atoms with E-state index in [0.29, 0.717) is 35.4 Å². The highest BCUT2D eigenvalue weighted by Crippen LogP contribution is 2.56. The molecule has 0 saturated carbocycles. The van der Waals surface area contributed by atoms with Crippen LogP contribution >= 0.6 is 0 Å². The van der Waals surface area contributed by atoms with Gasteiger partial charge in [0.15, 0.2) is 11.6 Å². The monoisotopic (exact) mass is 604 g/mol. The lowest BCUT2D eigenvalue weighted by atomic mass is 10.1. The third-order valence-corrected chi connectivity index (χ3v) is 8.20. The molecule has 2 aliphatic heterocycles. The van der Waals surface area contributed by atoms with Crippen molar-refractivity contribution >= 4 is 46.5 Å². The minimum absolute atomic E-state index is 0.471. The number of nitrogens with zero attached hydrogens (tertiary/aromatic N) is 12. The summed E-state index contributed by atoms with van der Waals surface area (Å²) in [5, 5.41) is 0. The topological polar surface area (TPSA) is 116 Å². The molecule has 8 rings (SSSR count). The lowest BCUT2D eigenvalue weighted by Gasteiger charge is -2.30. The van der Waals surface area contributed by atoms with Crippen LogP contribution in [0.2, 0.25) is 0 Å². The van der Waals surface area contributed by atoms with Crippen LogP contribution in [0.1, 0.15) is 22.3 Å². The van der Waals surface area contributed by atoms with E-state index in [0.717, 1.165) is 45.0 Å². The second-order valence-corrected chi connectivity index (χ2v) is 11.0. The number of benzene rings is 2. The van der Waals surface area contributed by atoms with Crippen molar-refractivity contribution < 1.29 is 0 Å². The lowest BCUT2D eigenvalue weighted by Crippen LogP contribution is -2.35. The van der Waals surface area contributed by atoms with Gasteiger partial charge in [-0.25, -0.2) is 39.9 Å². The number of anilines is 8. The third kappa shape index (κ3) is 4.22. The van der Waals surface area contributed by atoms with E-state index in [1.807, 2.05) is 19.6 Å². The number of fused-ring (bicyclic) bond motifs is 2. The molecule has 0 spiro atoms. The van der Waals surface area contributed by atoms with Crippen LogP contribution in [0, 0.1) is 27.7 Å². The average molecular weight is 605 g/mol. The molecule has 2 aromatic carbocycles. The predicted octanol–water partition coefficient (Wildman–Crippen LogP) is 6.49. The first-order chi connectivity index (χ1) is 22.5. The van der Waals surface area contributed by atoms with Crippen LogP contribution in [0.4, 0.5) is 46.5 Å². The molecular weight excluding hydrogens is 576 g/mol. The van der Waals surface area contributed by atoms with Crippen molar-refractivity contribution in [2.45, 2.75) is 27.7 Å². The summed E-state index contributed by atoms with van der Waals surface area (Å²) < 4.78 is 0. The Morgan fingerprint density at radius 3 is 0.717 bits per heavy atom. The summed E-state index contributed by atoms with van der Waals surface area (Å²) in [5.74, 6) is 3.20. The van der Waals surface area contributed by atoms with Gasteiger partial charge < -0.3 is 0 Å². The summed E-state index contributed by atoms with van der Waals surface area (Å²) in [4.78, 5) is 46.1. The van der Waals surface area contributed by atoms with E-state index in [2.05, 4.69) is 52.0 Å². The molecule has 0 N–H and O–H groups in total. The van der Waals surface area contributed by atoms with E-state index in [1.54, 1.807) is 73.8 Å². The molecule has 6 aromatic rings. The highest BCUT2D eigenvalue weighted by Gasteiger charge is 2.47. The summed E-state index contributed by atoms with van der Waals surface area (Å²) in [7, 11) is 0. The summed E-state index contributed by atoms with van der Waals surface area (Å²) in [6, 6.07) is 15.8. The molecule has 0 unspecified atom stereocenters. The molecule has 12 heteroatoms. The summed E-state index contributed by atoms with van der Waals surface area (Å²) in [5.41, 5.74) is 7.95. The number of rotatable bonds is 4. The van der Waals surface area contributed by atoms with Crippen molar-refractivity contribution in [3.8, 4) is 0 Å². The molecule has 12 nitrogen and oxygen atoms in total. The Hall–Kier alpha value is -6.30. The van der Waals surface area contributed by atoms with Crippen LogP contribution in [0.5, 0.6) is 0 Å². The van der Waals surface area contributed by atoms with Crippen LogP contribution in [-0.2, 0) is 0 Å². The molecule has 0 fully saturated rings. The van der Waals surface area contributed by atoms with Crippen molar-refractivity contribution in [2.24, 2.45) is 0 Å². The minimum atomic E-state index is 0.471. The molecule has 0 atom stereocenters. The van der Waals surface area contributed by atoms with Gasteiger partial charge in [0.05, 0.1) is 22.7 Å². The molecule has 4 aromatic heterocycles. The molecule has 0 bridgehead atoms. The number of hydrogen-bond acceptors (Lipinski definition) is 12. The lowest BCUT2D eigenvalue weighted by molar-refractivity contribution is 0.914. The Bertz CT molecular complexity index is 1800. The maximum absolute atomic E-state index is 4.75. The van der Waals surface area contributed by atoms with Gasteiger partial charge in [-0.1, -0.05) is 0 Å². The SMILES string of the molecule is Cc1cc2c(cc1C)N(c1ncccn1)C(=C1N(c3ncccn3)c3cc(C)c(C)cc3N1c1ncccn1)N2c1ncccn1. The summed E-state index contributed by atoms with van der Waals surface area (Å²) in [6.45, 7) is 8.39. The number of aromatic nitrogens is 8. The Labute approximate surface area is 265 Å². The van der Waals surface area contributed by atoms with Gasteiger partial charge >= 0.3 is 0 Å². The highest BCUT2D eigenvalue weighted by atomic mass is 15.5. The number of hydrogen-bond donors (Lipinski definition) is 0. The van der Waals surface area contributed by atoms with Gasteiger partial charge in [0, 0.05) is 49.6 Å². The van der Waals surface area contributed by atoms with Crippen molar-refractivity contribution in [2.75, 3.05) is 19.6 Å². The van der Waals surface area contributed by atoms with E-state index >= 15 is 0 Å². The van der Waals surface area contributed by atoms with Gasteiger partial charge in [-0.15, -0.1) is 0 Å². The maximum Gasteiger partial charge on any atom is 0.235 e. The van der Waals surface area contributed by atoms with Crippen LogP contribution in [0.3, 0.4) is 0 Å². The molecule has 0 aliphatic carbocycles. The first-order valence-electron chi connectivity index (χ1n) is 14.8. The second kappa shape index (κ2) is 10.7. The zero-order chi connectivity index (χ0) is 31.4. The van der Waals surface area contributed by atoms with Gasteiger partial charge in [0.2, 0.25) is 23.8 Å². The number of aryl methyl sites for hydroxylation is 4. The third-order valence-electron chi connectivity index (χ3n) is 8.20. The van der Waals surface area contributed by atoms with E-state index in [4.69, 9.17) is 39.9 Å². The van der Waals surface area contributed by atoms with Crippen LogP contribution in [0.25, 0.3) is 0 Å². The Balaban J connectivity index is 1.56. The molecule has 0 radical (unpaired) electrons. The van der Waals surface area contributed by atoms with Crippen LogP contribution in [-0.4, -0.2) is 39.9 Å². The fourth-order valence-electron chi connectivity index (χ4n) is 5.78. The van der Waals surface area contributed by atoms with E-state index in [9.17, 15) is 0 Å².